The maximum absolute atomic E-state index is 11.2. The third kappa shape index (κ3) is 10.5. The summed E-state index contributed by atoms with van der Waals surface area (Å²) in [7, 11) is 0. The molecule has 0 aromatic carbocycles. The Kier molecular flexibility index (Phi) is 14.4. The molecule has 5 nitrogen and oxygen atoms in total. The lowest BCUT2D eigenvalue weighted by Crippen LogP contribution is -2.60. The fourth-order valence-corrected chi connectivity index (χ4v) is 4.11. The van der Waals surface area contributed by atoms with E-state index in [1.54, 1.807) is 12.4 Å². The molecule has 0 aromatic rings. The Morgan fingerprint density at radius 2 is 1.53 bits per heavy atom. The summed E-state index contributed by atoms with van der Waals surface area (Å²) in [5.74, 6) is -0.235. The summed E-state index contributed by atoms with van der Waals surface area (Å²) < 4.78 is 0.107. The van der Waals surface area contributed by atoms with Crippen LogP contribution in [-0.4, -0.2) is 29.0 Å². The van der Waals surface area contributed by atoms with Gasteiger partial charge in [-0.1, -0.05) is 76.9 Å². The van der Waals surface area contributed by atoms with Crippen LogP contribution in [0.15, 0.2) is 29.5 Å². The first-order valence-electron chi connectivity index (χ1n) is 12.3. The number of carboxylic acids is 1. The lowest BCUT2D eigenvalue weighted by Gasteiger charge is -2.36. The topological polar surface area (TPSA) is 78.5 Å². The van der Waals surface area contributed by atoms with Gasteiger partial charge in [0.2, 0.25) is 5.84 Å². The van der Waals surface area contributed by atoms with E-state index in [1.807, 2.05) is 6.92 Å². The molecule has 1 heterocycles. The number of hydrogen-bond acceptors (Lipinski definition) is 4. The number of carbonyl (C=O) groups is 1. The fourth-order valence-electron chi connectivity index (χ4n) is 4.11. The largest absolute Gasteiger partial charge is 0.544 e. The Hall–Kier alpha value is -1.46. The third-order valence-electron chi connectivity index (χ3n) is 6.07. The average molecular weight is 420 g/mol. The Morgan fingerprint density at radius 1 is 1.00 bits per heavy atom. The number of carbonyl (C=O) groups excluding carboxylic acids is 1. The van der Waals surface area contributed by atoms with Crippen LogP contribution in [-0.2, 0) is 4.79 Å². The van der Waals surface area contributed by atoms with Gasteiger partial charge in [0.25, 0.3) is 0 Å². The van der Waals surface area contributed by atoms with Gasteiger partial charge in [0.05, 0.1) is 12.2 Å². The van der Waals surface area contributed by atoms with E-state index in [2.05, 4.69) is 24.1 Å². The molecule has 2 N–H and O–H groups in total. The van der Waals surface area contributed by atoms with E-state index in [0.29, 0.717) is 0 Å². The van der Waals surface area contributed by atoms with E-state index >= 15 is 0 Å². The molecule has 1 aliphatic rings. The molecule has 5 heteroatoms. The van der Waals surface area contributed by atoms with E-state index in [9.17, 15) is 9.90 Å². The summed E-state index contributed by atoms with van der Waals surface area (Å²) in [4.78, 5) is 15.6. The second-order valence-electron chi connectivity index (χ2n) is 8.73. The third-order valence-corrected chi connectivity index (χ3v) is 6.07. The first-order chi connectivity index (χ1) is 14.5. The molecule has 0 bridgehead atoms. The van der Waals surface area contributed by atoms with E-state index in [-0.39, 0.29) is 17.2 Å². The summed E-state index contributed by atoms with van der Waals surface area (Å²) in [5.41, 5.74) is 6.08. The number of aliphatic imine (C=N–C) groups is 1. The van der Waals surface area contributed by atoms with Gasteiger partial charge < -0.3 is 9.90 Å². The molecule has 1 aliphatic heterocycles. The number of amidine groups is 1. The summed E-state index contributed by atoms with van der Waals surface area (Å²) in [6.07, 6.45) is 26.5. The zero-order chi connectivity index (χ0) is 22.1. The lowest BCUT2D eigenvalue weighted by molar-refractivity contribution is -0.808. The Bertz CT molecular complexity index is 555. The quantitative estimate of drug-likeness (QED) is 0.178. The van der Waals surface area contributed by atoms with E-state index < -0.39 is 5.97 Å². The maximum Gasteiger partial charge on any atom is 0.209 e. The number of nitrogens with two attached hydrogens (primary N) is 1. The van der Waals surface area contributed by atoms with Crippen molar-refractivity contribution >= 4 is 11.8 Å². The molecular weight excluding hydrogens is 374 g/mol. The molecule has 0 radical (unpaired) electrons. The van der Waals surface area contributed by atoms with Gasteiger partial charge in [0, 0.05) is 13.3 Å². The highest BCUT2D eigenvalue weighted by atomic mass is 16.4. The van der Waals surface area contributed by atoms with Crippen LogP contribution in [0.25, 0.3) is 0 Å². The number of carboxylic acid groups (broad SMARTS) is 1. The normalized spacial score (nSPS) is 19.5. The van der Waals surface area contributed by atoms with Gasteiger partial charge in [-0.2, -0.15) is 0 Å². The number of hydrogen-bond donors (Lipinski definition) is 1. The molecule has 30 heavy (non-hydrogen) atoms. The SMILES string of the molecule is CCCCCC/C=C/CCCCCCCCCCC1=NC=C[N+]1(CC(=O)[O-])C(C)N. The van der Waals surface area contributed by atoms with Crippen LogP contribution in [0.1, 0.15) is 110 Å². The number of rotatable bonds is 19. The summed E-state index contributed by atoms with van der Waals surface area (Å²) in [6, 6.07) is 0. The number of allylic oxidation sites excluding steroid dienone is 2. The Labute approximate surface area is 184 Å². The van der Waals surface area contributed by atoms with Crippen LogP contribution >= 0.6 is 0 Å². The predicted molar refractivity (Wildman–Crippen MR) is 124 cm³/mol. The van der Waals surface area contributed by atoms with Crippen molar-refractivity contribution in [2.45, 2.75) is 116 Å². The molecule has 0 saturated heterocycles. The van der Waals surface area contributed by atoms with Crippen LogP contribution in [0.2, 0.25) is 0 Å². The predicted octanol–water partition coefficient (Wildman–Crippen LogP) is 5.17. The summed E-state index contributed by atoms with van der Waals surface area (Å²) in [6.45, 7) is 3.95. The Morgan fingerprint density at radius 3 is 2.07 bits per heavy atom. The molecule has 0 amide bonds. The number of aliphatic carboxylic acids is 1. The lowest BCUT2D eigenvalue weighted by atomic mass is 10.1. The highest BCUT2D eigenvalue weighted by molar-refractivity contribution is 5.81. The first-order valence-corrected chi connectivity index (χ1v) is 12.3. The van der Waals surface area contributed by atoms with Crippen molar-refractivity contribution in [1.82, 2.24) is 0 Å². The van der Waals surface area contributed by atoms with Gasteiger partial charge in [-0.25, -0.2) is 9.48 Å². The highest BCUT2D eigenvalue weighted by Crippen LogP contribution is 2.23. The van der Waals surface area contributed by atoms with Gasteiger partial charge in [-0.15, -0.1) is 0 Å². The molecule has 0 spiro atoms. The molecule has 2 atom stereocenters. The van der Waals surface area contributed by atoms with Crippen LogP contribution in [0.4, 0.5) is 0 Å². The van der Waals surface area contributed by atoms with Crippen molar-refractivity contribution in [2.24, 2.45) is 10.7 Å². The number of unbranched alkanes of at least 4 members (excludes halogenated alkanes) is 12. The second-order valence-corrected chi connectivity index (χ2v) is 8.73. The van der Waals surface area contributed by atoms with E-state index in [4.69, 9.17) is 5.73 Å². The van der Waals surface area contributed by atoms with Gasteiger partial charge >= 0.3 is 0 Å². The van der Waals surface area contributed by atoms with Crippen molar-refractivity contribution in [3.63, 3.8) is 0 Å². The van der Waals surface area contributed by atoms with E-state index in [0.717, 1.165) is 25.1 Å². The van der Waals surface area contributed by atoms with Gasteiger partial charge in [-0.05, 0) is 32.1 Å². The molecule has 172 valence electrons. The molecule has 0 saturated carbocycles. The minimum Gasteiger partial charge on any atom is -0.544 e. The van der Waals surface area contributed by atoms with Gasteiger partial charge in [-0.3, -0.25) is 5.73 Å². The molecular formula is C25H45N3O2. The Balaban J connectivity index is 2.01. The molecule has 1 rings (SSSR count). The highest BCUT2D eigenvalue weighted by Gasteiger charge is 2.38. The smallest absolute Gasteiger partial charge is 0.209 e. The van der Waals surface area contributed by atoms with Gasteiger partial charge in [0.15, 0.2) is 0 Å². The van der Waals surface area contributed by atoms with Crippen LogP contribution in [0.5, 0.6) is 0 Å². The van der Waals surface area contributed by atoms with Gasteiger partial charge in [0.1, 0.15) is 18.9 Å². The van der Waals surface area contributed by atoms with Crippen molar-refractivity contribution in [3.05, 3.63) is 24.6 Å². The molecule has 0 fully saturated rings. The monoisotopic (exact) mass is 419 g/mol. The number of nitrogens with zero attached hydrogens (tertiary/aromatic N) is 2. The van der Waals surface area contributed by atoms with Crippen molar-refractivity contribution in [1.29, 1.82) is 0 Å². The van der Waals surface area contributed by atoms with Crippen LogP contribution in [0.3, 0.4) is 0 Å². The summed E-state index contributed by atoms with van der Waals surface area (Å²) in [5, 5.41) is 11.2. The van der Waals surface area contributed by atoms with Crippen molar-refractivity contribution < 1.29 is 14.4 Å². The number of quaternary nitrogens is 1. The first kappa shape index (κ1) is 26.6. The zero-order valence-electron chi connectivity index (χ0n) is 19.5. The summed E-state index contributed by atoms with van der Waals surface area (Å²) >= 11 is 0. The fraction of sp³-hybridized carbons (Fsp3) is 0.760. The molecule has 0 aliphatic carbocycles. The van der Waals surface area contributed by atoms with E-state index in [1.165, 1.54) is 77.0 Å². The second kappa shape index (κ2) is 16.3. The minimum absolute atomic E-state index is 0.107. The van der Waals surface area contributed by atoms with Crippen LogP contribution in [0, 0.1) is 0 Å². The molecule has 2 unspecified atom stereocenters. The maximum atomic E-state index is 11.2. The standard InChI is InChI=1S/C25H45N3O2/c1-3-4-5-6-7-8-9-10-11-12-13-14-15-16-17-18-19-24-27-20-21-28(24,23(2)26)22-25(29)30/h8-9,20-21,23H,3-7,10-19,22,26H2,1-2H3/b9-8+. The zero-order valence-corrected chi connectivity index (χ0v) is 19.5. The van der Waals surface area contributed by atoms with Crippen molar-refractivity contribution in [3.8, 4) is 0 Å². The van der Waals surface area contributed by atoms with Crippen LogP contribution < -0.4 is 10.8 Å². The minimum atomic E-state index is -1.09. The van der Waals surface area contributed by atoms with Crippen molar-refractivity contribution in [2.75, 3.05) is 6.54 Å². The average Bonchev–Trinajstić information content (AvgIpc) is 3.10. The molecule has 0 aromatic heterocycles.